The SMILES string of the molecule is CCC(CC)NCCCNCCCNC(C)CC(C)C. The predicted molar refractivity (Wildman–Crippen MR) is 91.4 cm³/mol. The van der Waals surface area contributed by atoms with E-state index in [9.17, 15) is 0 Å². The maximum Gasteiger partial charge on any atom is 0.00618 e. The summed E-state index contributed by atoms with van der Waals surface area (Å²) >= 11 is 0. The largest absolute Gasteiger partial charge is 0.317 e. The first kappa shape index (κ1) is 19.9. The third kappa shape index (κ3) is 12.9. The number of rotatable bonds is 14. The molecule has 0 fully saturated rings. The number of hydrogen-bond acceptors (Lipinski definition) is 3. The van der Waals surface area contributed by atoms with E-state index in [0.29, 0.717) is 12.1 Å². The van der Waals surface area contributed by atoms with Crippen LogP contribution in [0, 0.1) is 5.92 Å². The Balaban J connectivity index is 3.21. The molecule has 0 saturated carbocycles. The van der Waals surface area contributed by atoms with E-state index in [-0.39, 0.29) is 0 Å². The Hall–Kier alpha value is -0.120. The lowest BCUT2D eigenvalue weighted by molar-refractivity contribution is 0.434. The molecule has 0 amide bonds. The summed E-state index contributed by atoms with van der Waals surface area (Å²) < 4.78 is 0. The molecule has 1 unspecified atom stereocenters. The van der Waals surface area contributed by atoms with Crippen molar-refractivity contribution in [2.45, 2.75) is 78.8 Å². The minimum atomic E-state index is 0.652. The smallest absolute Gasteiger partial charge is 0.00618 e. The summed E-state index contributed by atoms with van der Waals surface area (Å²) in [6.07, 6.45) is 6.21. The van der Waals surface area contributed by atoms with Crippen LogP contribution in [0.25, 0.3) is 0 Å². The minimum absolute atomic E-state index is 0.652. The monoisotopic (exact) mass is 285 g/mol. The van der Waals surface area contributed by atoms with E-state index >= 15 is 0 Å². The molecule has 3 nitrogen and oxygen atoms in total. The summed E-state index contributed by atoms with van der Waals surface area (Å²) in [5.41, 5.74) is 0. The molecule has 20 heavy (non-hydrogen) atoms. The molecular weight excluding hydrogens is 246 g/mol. The van der Waals surface area contributed by atoms with Crippen LogP contribution < -0.4 is 16.0 Å². The second-order valence-electron chi connectivity index (χ2n) is 6.41. The summed E-state index contributed by atoms with van der Waals surface area (Å²) in [6, 6.07) is 1.36. The van der Waals surface area contributed by atoms with Crippen LogP contribution in [-0.2, 0) is 0 Å². The molecule has 0 aromatic heterocycles. The van der Waals surface area contributed by atoms with Crippen molar-refractivity contribution >= 4 is 0 Å². The second kappa shape index (κ2) is 13.8. The van der Waals surface area contributed by atoms with E-state index in [1.165, 1.54) is 32.1 Å². The van der Waals surface area contributed by atoms with Gasteiger partial charge in [-0.3, -0.25) is 0 Å². The fourth-order valence-corrected chi connectivity index (χ4v) is 2.57. The molecule has 0 radical (unpaired) electrons. The fraction of sp³-hybridized carbons (Fsp3) is 1.00. The van der Waals surface area contributed by atoms with Gasteiger partial charge in [0.05, 0.1) is 0 Å². The zero-order chi connectivity index (χ0) is 15.2. The highest BCUT2D eigenvalue weighted by molar-refractivity contribution is 4.64. The van der Waals surface area contributed by atoms with Gasteiger partial charge < -0.3 is 16.0 Å². The fourth-order valence-electron chi connectivity index (χ4n) is 2.57. The van der Waals surface area contributed by atoms with Crippen LogP contribution in [0.2, 0.25) is 0 Å². The molecule has 0 aromatic carbocycles. The van der Waals surface area contributed by atoms with Crippen molar-refractivity contribution in [3.8, 4) is 0 Å². The van der Waals surface area contributed by atoms with Crippen LogP contribution in [0.15, 0.2) is 0 Å². The first-order valence-electron chi connectivity index (χ1n) is 8.77. The average molecular weight is 286 g/mol. The van der Waals surface area contributed by atoms with Crippen molar-refractivity contribution in [3.05, 3.63) is 0 Å². The van der Waals surface area contributed by atoms with E-state index < -0.39 is 0 Å². The third-order valence-electron chi connectivity index (χ3n) is 3.80. The molecule has 3 N–H and O–H groups in total. The summed E-state index contributed by atoms with van der Waals surface area (Å²) in [5, 5.41) is 10.7. The molecule has 0 bridgehead atoms. The Morgan fingerprint density at radius 3 is 1.80 bits per heavy atom. The van der Waals surface area contributed by atoms with Crippen molar-refractivity contribution in [2.24, 2.45) is 5.92 Å². The van der Waals surface area contributed by atoms with Gasteiger partial charge >= 0.3 is 0 Å². The van der Waals surface area contributed by atoms with Crippen LogP contribution in [-0.4, -0.2) is 38.3 Å². The Morgan fingerprint density at radius 2 is 1.30 bits per heavy atom. The molecule has 0 spiro atoms. The zero-order valence-corrected chi connectivity index (χ0v) is 14.6. The lowest BCUT2D eigenvalue weighted by Crippen LogP contribution is -2.32. The molecule has 0 rings (SSSR count). The van der Waals surface area contributed by atoms with Gasteiger partial charge in [-0.05, 0) is 71.1 Å². The summed E-state index contributed by atoms with van der Waals surface area (Å²) in [5.74, 6) is 0.790. The molecule has 122 valence electrons. The third-order valence-corrected chi connectivity index (χ3v) is 3.80. The highest BCUT2D eigenvalue weighted by Gasteiger charge is 2.03. The van der Waals surface area contributed by atoms with Gasteiger partial charge in [0.25, 0.3) is 0 Å². The van der Waals surface area contributed by atoms with Gasteiger partial charge in [0.2, 0.25) is 0 Å². The molecule has 0 saturated heterocycles. The maximum absolute atomic E-state index is 3.60. The zero-order valence-electron chi connectivity index (χ0n) is 14.6. The number of nitrogens with one attached hydrogen (secondary N) is 3. The topological polar surface area (TPSA) is 36.1 Å². The Bertz CT molecular complexity index is 191. The summed E-state index contributed by atoms with van der Waals surface area (Å²) in [4.78, 5) is 0. The molecule has 0 aliphatic heterocycles. The quantitative estimate of drug-likeness (QED) is 0.429. The molecule has 0 aliphatic rings. The normalized spacial score (nSPS) is 13.3. The predicted octanol–water partition coefficient (Wildman–Crippen LogP) is 3.16. The first-order valence-corrected chi connectivity index (χ1v) is 8.77. The van der Waals surface area contributed by atoms with Crippen molar-refractivity contribution < 1.29 is 0 Å². The summed E-state index contributed by atoms with van der Waals surface area (Å²) in [6.45, 7) is 15.9. The van der Waals surface area contributed by atoms with Gasteiger partial charge in [-0.25, -0.2) is 0 Å². The van der Waals surface area contributed by atoms with E-state index in [0.717, 1.165) is 32.1 Å². The van der Waals surface area contributed by atoms with E-state index in [2.05, 4.69) is 50.6 Å². The van der Waals surface area contributed by atoms with E-state index in [1.807, 2.05) is 0 Å². The molecule has 0 aliphatic carbocycles. The molecular formula is C17H39N3. The molecule has 1 atom stereocenters. The van der Waals surface area contributed by atoms with Crippen LogP contribution in [0.1, 0.15) is 66.7 Å². The van der Waals surface area contributed by atoms with Gasteiger partial charge in [-0.1, -0.05) is 27.7 Å². The van der Waals surface area contributed by atoms with Gasteiger partial charge in [-0.15, -0.1) is 0 Å². The van der Waals surface area contributed by atoms with Crippen molar-refractivity contribution in [1.29, 1.82) is 0 Å². The van der Waals surface area contributed by atoms with E-state index in [4.69, 9.17) is 0 Å². The number of hydrogen-bond donors (Lipinski definition) is 3. The standard InChI is InChI=1S/C17H39N3/c1-6-17(7-2)20-13-9-11-18-10-8-12-19-16(5)14-15(3)4/h15-20H,6-14H2,1-5H3. The Kier molecular flexibility index (Phi) is 13.8. The molecule has 0 aromatic rings. The van der Waals surface area contributed by atoms with Crippen molar-refractivity contribution in [1.82, 2.24) is 16.0 Å². The Labute approximate surface area is 127 Å². The van der Waals surface area contributed by atoms with Gasteiger partial charge in [0.15, 0.2) is 0 Å². The first-order chi connectivity index (χ1) is 9.60. The van der Waals surface area contributed by atoms with Crippen molar-refractivity contribution in [3.63, 3.8) is 0 Å². The van der Waals surface area contributed by atoms with Crippen LogP contribution in [0.4, 0.5) is 0 Å². The minimum Gasteiger partial charge on any atom is -0.317 e. The van der Waals surface area contributed by atoms with Crippen LogP contribution in [0.5, 0.6) is 0 Å². The van der Waals surface area contributed by atoms with Crippen LogP contribution >= 0.6 is 0 Å². The lowest BCUT2D eigenvalue weighted by atomic mass is 10.1. The second-order valence-corrected chi connectivity index (χ2v) is 6.41. The van der Waals surface area contributed by atoms with Crippen molar-refractivity contribution in [2.75, 3.05) is 26.2 Å². The average Bonchev–Trinajstić information content (AvgIpc) is 2.40. The maximum atomic E-state index is 3.60. The van der Waals surface area contributed by atoms with Crippen LogP contribution in [0.3, 0.4) is 0 Å². The summed E-state index contributed by atoms with van der Waals surface area (Å²) in [7, 11) is 0. The lowest BCUT2D eigenvalue weighted by Gasteiger charge is -2.16. The van der Waals surface area contributed by atoms with Gasteiger partial charge in [-0.2, -0.15) is 0 Å². The van der Waals surface area contributed by atoms with Gasteiger partial charge in [0, 0.05) is 12.1 Å². The van der Waals surface area contributed by atoms with Gasteiger partial charge in [0.1, 0.15) is 0 Å². The highest BCUT2D eigenvalue weighted by Crippen LogP contribution is 2.03. The molecule has 3 heteroatoms. The molecule has 0 heterocycles. The van der Waals surface area contributed by atoms with E-state index in [1.54, 1.807) is 0 Å². The highest BCUT2D eigenvalue weighted by atomic mass is 14.9. The Morgan fingerprint density at radius 1 is 0.750 bits per heavy atom.